The number of aromatic nitrogens is 2. The maximum absolute atomic E-state index is 6.20. The van der Waals surface area contributed by atoms with Crippen molar-refractivity contribution in [3.05, 3.63) is 40.1 Å². The predicted molar refractivity (Wildman–Crippen MR) is 77.8 cm³/mol. The summed E-state index contributed by atoms with van der Waals surface area (Å²) in [5.41, 5.74) is 2.89. The summed E-state index contributed by atoms with van der Waals surface area (Å²) >= 11 is 11.5. The first-order chi connectivity index (χ1) is 8.59. The molecule has 1 aromatic heterocycles. The van der Waals surface area contributed by atoms with Crippen LogP contribution in [-0.4, -0.2) is 22.8 Å². The second-order valence-electron chi connectivity index (χ2n) is 4.23. The van der Waals surface area contributed by atoms with E-state index in [-0.39, 0.29) is 0 Å². The van der Waals surface area contributed by atoms with E-state index in [1.165, 1.54) is 0 Å². The minimum absolute atomic E-state index is 0.573. The van der Waals surface area contributed by atoms with E-state index < -0.39 is 0 Å². The standard InChI is InChI=1S/C13H15ClN2OS/c1-9(2)8-17-7-6-16-12-10(14)4-3-5-11(12)15-13(16)18/h3-5H,1,6-8H2,2H3,(H,15,18). The smallest absolute Gasteiger partial charge is 0.178 e. The Balaban J connectivity index is 2.20. The molecule has 0 aliphatic heterocycles. The monoisotopic (exact) mass is 282 g/mol. The SMILES string of the molecule is C=C(C)COCCn1c(=S)[nH]c2cccc(Cl)c21. The summed E-state index contributed by atoms with van der Waals surface area (Å²) in [5, 5.41) is 0.694. The van der Waals surface area contributed by atoms with Gasteiger partial charge in [0.05, 0.1) is 29.3 Å². The minimum Gasteiger partial charge on any atom is -0.375 e. The normalized spacial score (nSPS) is 11.0. The summed E-state index contributed by atoms with van der Waals surface area (Å²) in [4.78, 5) is 3.14. The van der Waals surface area contributed by atoms with Crippen LogP contribution in [0.15, 0.2) is 30.4 Å². The average Bonchev–Trinajstić information content (AvgIpc) is 2.62. The molecule has 0 atom stereocenters. The third kappa shape index (κ3) is 2.83. The van der Waals surface area contributed by atoms with Gasteiger partial charge >= 0.3 is 0 Å². The number of hydrogen-bond acceptors (Lipinski definition) is 2. The minimum atomic E-state index is 0.573. The number of nitrogens with one attached hydrogen (secondary N) is 1. The molecule has 3 nitrogen and oxygen atoms in total. The van der Waals surface area contributed by atoms with Gasteiger partial charge in [-0.1, -0.05) is 29.8 Å². The van der Waals surface area contributed by atoms with Crippen LogP contribution in [0.25, 0.3) is 11.0 Å². The number of fused-ring (bicyclic) bond motifs is 1. The lowest BCUT2D eigenvalue weighted by Crippen LogP contribution is -2.07. The molecule has 1 heterocycles. The molecule has 0 amide bonds. The Labute approximate surface area is 116 Å². The van der Waals surface area contributed by atoms with Gasteiger partial charge in [-0.3, -0.25) is 0 Å². The van der Waals surface area contributed by atoms with Crippen LogP contribution in [0.5, 0.6) is 0 Å². The van der Waals surface area contributed by atoms with Crippen molar-refractivity contribution in [3.8, 4) is 0 Å². The maximum atomic E-state index is 6.20. The average molecular weight is 283 g/mol. The van der Waals surface area contributed by atoms with Gasteiger partial charge in [0.1, 0.15) is 0 Å². The highest BCUT2D eigenvalue weighted by molar-refractivity contribution is 7.71. The van der Waals surface area contributed by atoms with E-state index in [0.717, 1.165) is 16.6 Å². The third-order valence-corrected chi connectivity index (χ3v) is 3.18. The molecule has 96 valence electrons. The first-order valence-corrected chi connectivity index (χ1v) is 6.47. The molecule has 0 fully saturated rings. The molecular weight excluding hydrogens is 268 g/mol. The number of benzene rings is 1. The van der Waals surface area contributed by atoms with Gasteiger partial charge in [0.25, 0.3) is 0 Å². The lowest BCUT2D eigenvalue weighted by Gasteiger charge is -2.07. The molecule has 0 radical (unpaired) electrons. The van der Waals surface area contributed by atoms with E-state index in [4.69, 9.17) is 28.6 Å². The van der Waals surface area contributed by atoms with E-state index in [2.05, 4.69) is 11.6 Å². The highest BCUT2D eigenvalue weighted by atomic mass is 35.5. The summed E-state index contributed by atoms with van der Waals surface area (Å²) in [6.07, 6.45) is 0. The van der Waals surface area contributed by atoms with E-state index in [0.29, 0.717) is 29.6 Å². The second-order valence-corrected chi connectivity index (χ2v) is 5.02. The Bertz CT molecular complexity index is 629. The molecule has 0 aliphatic carbocycles. The molecule has 0 bridgehead atoms. The highest BCUT2D eigenvalue weighted by Crippen LogP contribution is 2.23. The van der Waals surface area contributed by atoms with E-state index in [1.54, 1.807) is 0 Å². The third-order valence-electron chi connectivity index (χ3n) is 2.55. The van der Waals surface area contributed by atoms with Gasteiger partial charge < -0.3 is 14.3 Å². The zero-order chi connectivity index (χ0) is 13.1. The number of aromatic amines is 1. The molecule has 0 spiro atoms. The van der Waals surface area contributed by atoms with Crippen molar-refractivity contribution in [2.24, 2.45) is 0 Å². The number of halogens is 1. The van der Waals surface area contributed by atoms with Crippen molar-refractivity contribution in [2.45, 2.75) is 13.5 Å². The van der Waals surface area contributed by atoms with Crippen LogP contribution in [0, 0.1) is 4.77 Å². The lowest BCUT2D eigenvalue weighted by molar-refractivity contribution is 0.148. The van der Waals surface area contributed by atoms with Crippen molar-refractivity contribution in [2.75, 3.05) is 13.2 Å². The Morgan fingerprint density at radius 3 is 3.06 bits per heavy atom. The Kier molecular flexibility index (Phi) is 4.22. The Hall–Kier alpha value is -1.10. The summed E-state index contributed by atoms with van der Waals surface area (Å²) in [5.74, 6) is 0. The lowest BCUT2D eigenvalue weighted by atomic mass is 10.3. The van der Waals surface area contributed by atoms with Gasteiger partial charge in [0.2, 0.25) is 0 Å². The van der Waals surface area contributed by atoms with Crippen LogP contribution in [0.3, 0.4) is 0 Å². The quantitative estimate of drug-likeness (QED) is 0.511. The Morgan fingerprint density at radius 1 is 1.56 bits per heavy atom. The Morgan fingerprint density at radius 2 is 2.33 bits per heavy atom. The van der Waals surface area contributed by atoms with E-state index in [9.17, 15) is 0 Å². The predicted octanol–water partition coefficient (Wildman–Crippen LogP) is 3.94. The molecule has 0 unspecified atom stereocenters. The van der Waals surface area contributed by atoms with Crippen molar-refractivity contribution < 1.29 is 4.74 Å². The van der Waals surface area contributed by atoms with E-state index in [1.807, 2.05) is 29.7 Å². The molecule has 18 heavy (non-hydrogen) atoms. The van der Waals surface area contributed by atoms with Gasteiger partial charge in [-0.15, -0.1) is 0 Å². The molecule has 5 heteroatoms. The van der Waals surface area contributed by atoms with Gasteiger partial charge in [0, 0.05) is 6.54 Å². The van der Waals surface area contributed by atoms with Crippen molar-refractivity contribution in [3.63, 3.8) is 0 Å². The summed E-state index contributed by atoms with van der Waals surface area (Å²) in [7, 11) is 0. The van der Waals surface area contributed by atoms with Gasteiger partial charge in [-0.05, 0) is 31.3 Å². The number of hydrogen-bond donors (Lipinski definition) is 1. The fourth-order valence-corrected chi connectivity index (χ4v) is 2.36. The first-order valence-electron chi connectivity index (χ1n) is 5.69. The van der Waals surface area contributed by atoms with Crippen molar-refractivity contribution in [1.82, 2.24) is 9.55 Å². The molecule has 2 rings (SSSR count). The number of ether oxygens (including phenoxy) is 1. The molecule has 1 aromatic carbocycles. The topological polar surface area (TPSA) is 29.9 Å². The van der Waals surface area contributed by atoms with Crippen LogP contribution >= 0.6 is 23.8 Å². The summed E-state index contributed by atoms with van der Waals surface area (Å²) in [6, 6.07) is 5.72. The largest absolute Gasteiger partial charge is 0.375 e. The van der Waals surface area contributed by atoms with Crippen LogP contribution < -0.4 is 0 Å². The van der Waals surface area contributed by atoms with Gasteiger partial charge in [-0.2, -0.15) is 0 Å². The van der Waals surface area contributed by atoms with E-state index >= 15 is 0 Å². The molecular formula is C13H15ClN2OS. The number of rotatable bonds is 5. The van der Waals surface area contributed by atoms with Crippen molar-refractivity contribution in [1.29, 1.82) is 0 Å². The number of nitrogens with zero attached hydrogens (tertiary/aromatic N) is 1. The maximum Gasteiger partial charge on any atom is 0.178 e. The zero-order valence-electron chi connectivity index (χ0n) is 10.2. The molecule has 1 N–H and O–H groups in total. The fraction of sp³-hybridized carbons (Fsp3) is 0.308. The molecule has 0 saturated carbocycles. The molecule has 0 saturated heterocycles. The molecule has 0 aliphatic rings. The number of para-hydroxylation sites is 1. The van der Waals surface area contributed by atoms with Crippen LogP contribution in [0.2, 0.25) is 5.02 Å². The van der Waals surface area contributed by atoms with Gasteiger partial charge in [-0.25, -0.2) is 0 Å². The summed E-state index contributed by atoms with van der Waals surface area (Å²) in [6.45, 7) is 7.56. The zero-order valence-corrected chi connectivity index (χ0v) is 11.8. The van der Waals surface area contributed by atoms with Crippen LogP contribution in [-0.2, 0) is 11.3 Å². The summed E-state index contributed by atoms with van der Waals surface area (Å²) < 4.78 is 8.12. The highest BCUT2D eigenvalue weighted by Gasteiger charge is 2.07. The second kappa shape index (κ2) is 5.69. The fourth-order valence-electron chi connectivity index (χ4n) is 1.79. The van der Waals surface area contributed by atoms with Crippen LogP contribution in [0.4, 0.5) is 0 Å². The number of H-pyrrole nitrogens is 1. The number of imidazole rings is 1. The van der Waals surface area contributed by atoms with Crippen molar-refractivity contribution >= 4 is 34.9 Å². The first kappa shape index (κ1) is 13.3. The van der Waals surface area contributed by atoms with Crippen LogP contribution in [0.1, 0.15) is 6.92 Å². The molecule has 2 aromatic rings. The van der Waals surface area contributed by atoms with Gasteiger partial charge in [0.15, 0.2) is 4.77 Å².